The van der Waals surface area contributed by atoms with Crippen LogP contribution in [0.2, 0.25) is 0 Å². The number of urea groups is 1. The normalized spacial score (nSPS) is 14.9. The van der Waals surface area contributed by atoms with Crippen molar-refractivity contribution in [1.29, 1.82) is 0 Å². The fraction of sp³-hybridized carbons (Fsp3) is 0.579. The van der Waals surface area contributed by atoms with Crippen LogP contribution in [0.15, 0.2) is 35.2 Å². The average molecular weight is 379 g/mol. The van der Waals surface area contributed by atoms with E-state index in [0.717, 1.165) is 38.2 Å². The molecule has 0 spiro atoms. The average Bonchev–Trinajstić information content (AvgIpc) is 2.67. The van der Waals surface area contributed by atoms with Crippen molar-refractivity contribution in [3.63, 3.8) is 0 Å². The second-order valence-electron chi connectivity index (χ2n) is 6.36. The maximum atomic E-state index is 12.2. The van der Waals surface area contributed by atoms with E-state index in [0.29, 0.717) is 26.2 Å². The van der Waals surface area contributed by atoms with Crippen LogP contribution in [0.1, 0.15) is 19.8 Å². The molecule has 2 rings (SSSR count). The minimum Gasteiger partial charge on any atom is -0.355 e. The zero-order valence-corrected chi connectivity index (χ0v) is 16.4. The van der Waals surface area contributed by atoms with Crippen molar-refractivity contribution in [2.45, 2.75) is 24.7 Å². The van der Waals surface area contributed by atoms with Crippen molar-refractivity contribution in [3.8, 4) is 0 Å². The highest BCUT2D eigenvalue weighted by atomic mass is 32.2. The minimum atomic E-state index is 0.00444. The molecule has 0 unspecified atom stereocenters. The largest absolute Gasteiger partial charge is 0.355 e. The molecule has 7 heteroatoms. The first-order valence-corrected chi connectivity index (χ1v) is 10.4. The molecule has 1 aromatic carbocycles. The fourth-order valence-electron chi connectivity index (χ4n) is 2.72. The van der Waals surface area contributed by atoms with Crippen molar-refractivity contribution in [3.05, 3.63) is 30.3 Å². The van der Waals surface area contributed by atoms with Crippen LogP contribution in [0.25, 0.3) is 0 Å². The molecule has 0 radical (unpaired) electrons. The summed E-state index contributed by atoms with van der Waals surface area (Å²) in [5.74, 6) is 1.06. The van der Waals surface area contributed by atoms with Gasteiger partial charge in [-0.1, -0.05) is 25.1 Å². The van der Waals surface area contributed by atoms with Crippen molar-refractivity contribution in [1.82, 2.24) is 20.4 Å². The number of carbonyl (C=O) groups excluding carboxylic acids is 2. The van der Waals surface area contributed by atoms with E-state index in [1.807, 2.05) is 41.8 Å². The molecule has 1 fully saturated rings. The van der Waals surface area contributed by atoms with E-state index in [1.165, 1.54) is 4.90 Å². The molecule has 3 amide bonds. The van der Waals surface area contributed by atoms with E-state index in [9.17, 15) is 9.59 Å². The molecule has 26 heavy (non-hydrogen) atoms. The predicted octanol–water partition coefficient (Wildman–Crippen LogP) is 2.02. The van der Waals surface area contributed by atoms with Gasteiger partial charge in [-0.25, -0.2) is 4.79 Å². The summed E-state index contributed by atoms with van der Waals surface area (Å²) < 4.78 is 0. The lowest BCUT2D eigenvalue weighted by Gasteiger charge is -2.34. The van der Waals surface area contributed by atoms with Crippen LogP contribution in [0, 0.1) is 0 Å². The zero-order chi connectivity index (χ0) is 18.6. The second kappa shape index (κ2) is 11.8. The molecule has 0 aromatic heterocycles. The summed E-state index contributed by atoms with van der Waals surface area (Å²) in [6.45, 7) is 6.72. The fourth-order valence-corrected chi connectivity index (χ4v) is 3.59. The first-order valence-electron chi connectivity index (χ1n) is 9.38. The first-order chi connectivity index (χ1) is 12.7. The van der Waals surface area contributed by atoms with Crippen LogP contribution in [-0.4, -0.2) is 73.3 Å². The number of amides is 3. The maximum Gasteiger partial charge on any atom is 0.317 e. The highest BCUT2D eigenvalue weighted by Crippen LogP contribution is 2.17. The van der Waals surface area contributed by atoms with Gasteiger partial charge in [-0.2, -0.15) is 0 Å². The lowest BCUT2D eigenvalue weighted by Crippen LogP contribution is -2.53. The molecular formula is C19H30N4O2S. The summed E-state index contributed by atoms with van der Waals surface area (Å²) in [7, 11) is 0. The summed E-state index contributed by atoms with van der Waals surface area (Å²) in [5, 5.41) is 5.89. The third kappa shape index (κ3) is 7.66. The summed E-state index contributed by atoms with van der Waals surface area (Å²) in [6.07, 6.45) is 1.90. The Balaban J connectivity index is 1.54. The van der Waals surface area contributed by atoms with Gasteiger partial charge in [0, 0.05) is 44.2 Å². The SMILES string of the molecule is CCCNC(=O)CN1CCN(C(=O)NCCCSc2ccccc2)CC1. The summed E-state index contributed by atoms with van der Waals surface area (Å²) in [6, 6.07) is 10.3. The van der Waals surface area contributed by atoms with Crippen molar-refractivity contribution in [2.75, 3.05) is 51.6 Å². The summed E-state index contributed by atoms with van der Waals surface area (Å²) >= 11 is 1.81. The predicted molar refractivity (Wildman–Crippen MR) is 106 cm³/mol. The van der Waals surface area contributed by atoms with Crippen molar-refractivity contribution in [2.24, 2.45) is 0 Å². The van der Waals surface area contributed by atoms with E-state index in [1.54, 1.807) is 0 Å². The molecule has 2 N–H and O–H groups in total. The molecule has 144 valence electrons. The van der Waals surface area contributed by atoms with Crippen molar-refractivity contribution >= 4 is 23.7 Å². The molecule has 0 bridgehead atoms. The van der Waals surface area contributed by atoms with Crippen LogP contribution in [0.4, 0.5) is 4.79 Å². The Bertz CT molecular complexity index is 548. The number of hydrogen-bond donors (Lipinski definition) is 2. The van der Waals surface area contributed by atoms with Gasteiger partial charge in [0.15, 0.2) is 0 Å². The lowest BCUT2D eigenvalue weighted by atomic mass is 10.3. The Morgan fingerprint density at radius 3 is 2.46 bits per heavy atom. The number of benzene rings is 1. The van der Waals surface area contributed by atoms with Gasteiger partial charge in [-0.05, 0) is 30.7 Å². The number of nitrogens with zero attached hydrogens (tertiary/aromatic N) is 2. The third-order valence-electron chi connectivity index (χ3n) is 4.21. The Labute approximate surface area is 160 Å². The molecule has 0 atom stereocenters. The molecule has 1 aliphatic rings. The van der Waals surface area contributed by atoms with E-state index in [4.69, 9.17) is 0 Å². The number of nitrogens with one attached hydrogen (secondary N) is 2. The van der Waals surface area contributed by atoms with Crippen LogP contribution in [0.3, 0.4) is 0 Å². The van der Waals surface area contributed by atoms with Gasteiger partial charge in [0.05, 0.1) is 6.54 Å². The smallest absolute Gasteiger partial charge is 0.317 e. The minimum absolute atomic E-state index is 0.00444. The van der Waals surface area contributed by atoms with E-state index in [-0.39, 0.29) is 11.9 Å². The monoisotopic (exact) mass is 378 g/mol. The molecule has 6 nitrogen and oxygen atoms in total. The first kappa shape index (κ1) is 20.6. The van der Waals surface area contributed by atoms with Gasteiger partial charge >= 0.3 is 6.03 Å². The van der Waals surface area contributed by atoms with Gasteiger partial charge in [-0.15, -0.1) is 11.8 Å². The van der Waals surface area contributed by atoms with Crippen LogP contribution in [-0.2, 0) is 4.79 Å². The Hall–Kier alpha value is -1.73. The molecule has 0 aliphatic carbocycles. The van der Waals surface area contributed by atoms with Gasteiger partial charge in [-0.3, -0.25) is 9.69 Å². The van der Waals surface area contributed by atoms with Crippen LogP contribution < -0.4 is 10.6 Å². The molecule has 1 aromatic rings. The zero-order valence-electron chi connectivity index (χ0n) is 15.6. The van der Waals surface area contributed by atoms with Crippen LogP contribution in [0.5, 0.6) is 0 Å². The number of rotatable bonds is 9. The Morgan fingerprint density at radius 2 is 1.77 bits per heavy atom. The molecule has 1 heterocycles. The Kier molecular flexibility index (Phi) is 9.34. The van der Waals surface area contributed by atoms with E-state index < -0.39 is 0 Å². The second-order valence-corrected chi connectivity index (χ2v) is 7.53. The highest BCUT2D eigenvalue weighted by Gasteiger charge is 2.21. The lowest BCUT2D eigenvalue weighted by molar-refractivity contribution is -0.122. The molecular weight excluding hydrogens is 348 g/mol. The summed E-state index contributed by atoms with van der Waals surface area (Å²) in [4.78, 5) is 29.2. The maximum absolute atomic E-state index is 12.2. The van der Waals surface area contributed by atoms with E-state index >= 15 is 0 Å². The van der Waals surface area contributed by atoms with Gasteiger partial charge in [0.25, 0.3) is 0 Å². The molecule has 1 saturated heterocycles. The van der Waals surface area contributed by atoms with Gasteiger partial charge in [0.2, 0.25) is 5.91 Å². The van der Waals surface area contributed by atoms with Crippen molar-refractivity contribution < 1.29 is 9.59 Å². The standard InChI is InChI=1S/C19H30N4O2S/c1-2-9-20-18(24)16-22-11-13-23(14-12-22)19(25)21-10-6-15-26-17-7-4-3-5-8-17/h3-5,7-8H,2,6,9-16H2,1H3,(H,20,24)(H,21,25). The highest BCUT2D eigenvalue weighted by molar-refractivity contribution is 7.99. The quantitative estimate of drug-likeness (QED) is 0.510. The topological polar surface area (TPSA) is 64.7 Å². The molecule has 0 saturated carbocycles. The number of thioether (sulfide) groups is 1. The van der Waals surface area contributed by atoms with Crippen LogP contribution >= 0.6 is 11.8 Å². The number of piperazine rings is 1. The molecule has 1 aliphatic heterocycles. The number of carbonyl (C=O) groups is 2. The third-order valence-corrected chi connectivity index (χ3v) is 5.31. The van der Waals surface area contributed by atoms with Gasteiger partial charge in [0.1, 0.15) is 0 Å². The van der Waals surface area contributed by atoms with E-state index in [2.05, 4.69) is 27.7 Å². The summed E-state index contributed by atoms with van der Waals surface area (Å²) in [5.41, 5.74) is 0. The number of hydrogen-bond acceptors (Lipinski definition) is 4. The van der Waals surface area contributed by atoms with Gasteiger partial charge < -0.3 is 15.5 Å². The Morgan fingerprint density at radius 1 is 1.04 bits per heavy atom.